The van der Waals surface area contributed by atoms with Crippen molar-refractivity contribution in [3.63, 3.8) is 0 Å². The van der Waals surface area contributed by atoms with Crippen LogP contribution in [0.5, 0.6) is 5.88 Å². The second-order valence-electron chi connectivity index (χ2n) is 7.77. The van der Waals surface area contributed by atoms with Gasteiger partial charge in [-0.05, 0) is 43.5 Å². The summed E-state index contributed by atoms with van der Waals surface area (Å²) in [5.41, 5.74) is 1.85. The summed E-state index contributed by atoms with van der Waals surface area (Å²) in [4.78, 5) is 10.1. The van der Waals surface area contributed by atoms with Crippen LogP contribution < -0.4 is 4.74 Å². The fraction of sp³-hybridized carbons (Fsp3) is 0.417. The number of aliphatic hydroxyl groups excluding tert-OH is 1. The van der Waals surface area contributed by atoms with Crippen LogP contribution in [0.3, 0.4) is 0 Å². The van der Waals surface area contributed by atoms with E-state index in [-0.39, 0.29) is 12.5 Å². The van der Waals surface area contributed by atoms with Gasteiger partial charge in [0.25, 0.3) is 0 Å². The number of pyridine rings is 1. The topological polar surface area (TPSA) is 78.6 Å². The quantitative estimate of drug-likeness (QED) is 0.224. The minimum Gasteiger partial charge on any atom is -0.468 e. The molecule has 0 unspecified atom stereocenters. The van der Waals surface area contributed by atoms with Crippen LogP contribution in [-0.2, 0) is 22.2 Å². The largest absolute Gasteiger partial charge is 0.468 e. The summed E-state index contributed by atoms with van der Waals surface area (Å²) >= 11 is 14.0. The van der Waals surface area contributed by atoms with Crippen LogP contribution in [0.1, 0.15) is 50.7 Å². The van der Waals surface area contributed by atoms with Crippen LogP contribution in [0.15, 0.2) is 46.5 Å². The standard InChI is InChI=1S/C24H30Cl2N3O4PS/c1-5-32-34(33-6-2)15-31-22-8-7-17(12-27-22)13-29-21(14-30)28-23(16(3)4)24(29)35-20-10-18(25)9-19(26)11-20/h7-12,16,30H,5-6,13-15H2,1-4H3. The Bertz CT molecular complexity index is 1070. The van der Waals surface area contributed by atoms with Gasteiger partial charge in [-0.1, -0.05) is 54.9 Å². The summed E-state index contributed by atoms with van der Waals surface area (Å²) in [7, 11) is -1.10. The third-order valence-corrected chi connectivity index (χ3v) is 7.73. The molecule has 0 atom stereocenters. The van der Waals surface area contributed by atoms with Crippen LogP contribution in [0, 0.1) is 0 Å². The van der Waals surface area contributed by atoms with Crippen molar-refractivity contribution >= 4 is 43.3 Å². The van der Waals surface area contributed by atoms with Crippen molar-refractivity contribution in [1.82, 2.24) is 14.5 Å². The number of aliphatic hydroxyl groups is 1. The highest BCUT2D eigenvalue weighted by Gasteiger charge is 2.21. The summed E-state index contributed by atoms with van der Waals surface area (Å²) in [6.07, 6.45) is 2.08. The Hall–Kier alpha value is -1.38. The number of aromatic nitrogens is 3. The minimum atomic E-state index is -1.10. The number of nitrogens with zero attached hydrogens (tertiary/aromatic N) is 3. The van der Waals surface area contributed by atoms with Gasteiger partial charge in [0, 0.05) is 27.2 Å². The molecule has 0 bridgehead atoms. The van der Waals surface area contributed by atoms with Crippen molar-refractivity contribution in [1.29, 1.82) is 0 Å². The molecule has 0 aliphatic carbocycles. The Morgan fingerprint density at radius 3 is 2.31 bits per heavy atom. The summed E-state index contributed by atoms with van der Waals surface area (Å²) in [5.74, 6) is 1.25. The lowest BCUT2D eigenvalue weighted by molar-refractivity contribution is 0.241. The summed E-state index contributed by atoms with van der Waals surface area (Å²) in [6.45, 7) is 9.46. The summed E-state index contributed by atoms with van der Waals surface area (Å²) in [6, 6.07) is 9.21. The SMILES string of the molecule is CCOP(COc1ccc(Cn2c(CO)nc(C(C)C)c2Sc2cc(Cl)cc(Cl)c2)cn1)OCC. The molecule has 0 fully saturated rings. The predicted octanol–water partition coefficient (Wildman–Crippen LogP) is 7.12. The highest BCUT2D eigenvalue weighted by Crippen LogP contribution is 2.39. The number of hydrogen-bond acceptors (Lipinski definition) is 7. The van der Waals surface area contributed by atoms with Crippen LogP contribution in [0.2, 0.25) is 10.0 Å². The number of hydrogen-bond donors (Lipinski definition) is 1. The zero-order valence-corrected chi connectivity index (χ0v) is 23.4. The number of ether oxygens (including phenoxy) is 1. The van der Waals surface area contributed by atoms with E-state index in [2.05, 4.69) is 18.8 Å². The molecule has 0 radical (unpaired) electrons. The molecule has 190 valence electrons. The maximum Gasteiger partial charge on any atom is 0.213 e. The Morgan fingerprint density at radius 1 is 1.09 bits per heavy atom. The van der Waals surface area contributed by atoms with Crippen molar-refractivity contribution in [2.24, 2.45) is 0 Å². The zero-order chi connectivity index (χ0) is 25.4. The van der Waals surface area contributed by atoms with E-state index < -0.39 is 8.38 Å². The number of imidazole rings is 1. The molecule has 1 N–H and O–H groups in total. The average molecular weight is 558 g/mol. The number of rotatable bonds is 13. The van der Waals surface area contributed by atoms with Gasteiger partial charge in [0.2, 0.25) is 14.3 Å². The van der Waals surface area contributed by atoms with Gasteiger partial charge in [-0.15, -0.1) is 0 Å². The van der Waals surface area contributed by atoms with Gasteiger partial charge in [-0.25, -0.2) is 9.97 Å². The molecule has 0 aliphatic rings. The lowest BCUT2D eigenvalue weighted by Crippen LogP contribution is -2.07. The molecule has 0 amide bonds. The highest BCUT2D eigenvalue weighted by atomic mass is 35.5. The van der Waals surface area contributed by atoms with Crippen LogP contribution in [0.25, 0.3) is 0 Å². The monoisotopic (exact) mass is 557 g/mol. The molecule has 7 nitrogen and oxygen atoms in total. The van der Waals surface area contributed by atoms with Gasteiger partial charge in [-0.3, -0.25) is 0 Å². The smallest absolute Gasteiger partial charge is 0.213 e. The van der Waals surface area contributed by atoms with Crippen molar-refractivity contribution < 1.29 is 18.9 Å². The van der Waals surface area contributed by atoms with Gasteiger partial charge in [0.05, 0.1) is 25.5 Å². The van der Waals surface area contributed by atoms with Crippen molar-refractivity contribution in [2.75, 3.05) is 19.6 Å². The van der Waals surface area contributed by atoms with E-state index in [0.717, 1.165) is 21.2 Å². The van der Waals surface area contributed by atoms with Crippen LogP contribution in [0.4, 0.5) is 0 Å². The Labute approximate surface area is 222 Å². The molecular weight excluding hydrogens is 528 g/mol. The first kappa shape index (κ1) is 28.2. The van der Waals surface area contributed by atoms with Gasteiger partial charge >= 0.3 is 0 Å². The third kappa shape index (κ3) is 8.05. The second kappa shape index (κ2) is 13.8. The third-order valence-electron chi connectivity index (χ3n) is 4.77. The van der Waals surface area contributed by atoms with Crippen molar-refractivity contribution in [3.8, 4) is 5.88 Å². The van der Waals surface area contributed by atoms with E-state index in [9.17, 15) is 5.11 Å². The summed E-state index contributed by atoms with van der Waals surface area (Å²) < 4.78 is 18.9. The van der Waals surface area contributed by atoms with Gasteiger partial charge in [0.15, 0.2) is 6.35 Å². The molecule has 2 heterocycles. The lowest BCUT2D eigenvalue weighted by atomic mass is 10.1. The molecule has 3 aromatic rings. The van der Waals surface area contributed by atoms with E-state index in [1.807, 2.05) is 42.7 Å². The maximum absolute atomic E-state index is 10.0. The van der Waals surface area contributed by atoms with Crippen LogP contribution >= 0.6 is 43.3 Å². The van der Waals surface area contributed by atoms with Crippen LogP contribution in [-0.4, -0.2) is 39.2 Å². The molecule has 11 heteroatoms. The normalized spacial score (nSPS) is 11.6. The summed E-state index contributed by atoms with van der Waals surface area (Å²) in [5, 5.41) is 12.1. The first-order chi connectivity index (χ1) is 16.8. The molecule has 0 aliphatic heterocycles. The Morgan fingerprint density at radius 2 is 1.77 bits per heavy atom. The first-order valence-corrected chi connectivity index (χ1v) is 14.2. The maximum atomic E-state index is 10.0. The molecule has 2 aromatic heterocycles. The first-order valence-electron chi connectivity index (χ1n) is 11.3. The Kier molecular flexibility index (Phi) is 11.1. The lowest BCUT2D eigenvalue weighted by Gasteiger charge is -2.16. The molecule has 0 spiro atoms. The fourth-order valence-corrected chi connectivity index (χ4v) is 6.21. The molecule has 35 heavy (non-hydrogen) atoms. The van der Waals surface area contributed by atoms with Gasteiger partial charge < -0.3 is 23.5 Å². The number of halogens is 2. The second-order valence-corrected chi connectivity index (χ2v) is 11.1. The van der Waals surface area contributed by atoms with Gasteiger partial charge in [-0.2, -0.15) is 0 Å². The van der Waals surface area contributed by atoms with E-state index in [1.165, 1.54) is 11.8 Å². The molecule has 0 saturated heterocycles. The zero-order valence-electron chi connectivity index (χ0n) is 20.2. The average Bonchev–Trinajstić information content (AvgIpc) is 3.15. The minimum absolute atomic E-state index is 0.165. The van der Waals surface area contributed by atoms with Gasteiger partial charge in [0.1, 0.15) is 17.5 Å². The van der Waals surface area contributed by atoms with E-state index >= 15 is 0 Å². The fourth-order valence-electron chi connectivity index (χ4n) is 3.26. The Balaban J connectivity index is 1.82. The van der Waals surface area contributed by atoms with E-state index in [0.29, 0.717) is 47.9 Å². The highest BCUT2D eigenvalue weighted by molar-refractivity contribution is 7.99. The number of benzene rings is 1. The molecular formula is C24H30Cl2N3O4PS. The van der Waals surface area contributed by atoms with E-state index in [1.54, 1.807) is 12.3 Å². The molecule has 1 aromatic carbocycles. The van der Waals surface area contributed by atoms with Crippen molar-refractivity contribution in [2.45, 2.75) is 56.7 Å². The van der Waals surface area contributed by atoms with Crippen molar-refractivity contribution in [3.05, 3.63) is 63.7 Å². The molecule has 0 saturated carbocycles. The molecule has 3 rings (SSSR count). The van der Waals surface area contributed by atoms with E-state index in [4.69, 9.17) is 42.0 Å². The predicted molar refractivity (Wildman–Crippen MR) is 142 cm³/mol.